The highest BCUT2D eigenvalue weighted by Crippen LogP contribution is 2.43. The lowest BCUT2D eigenvalue weighted by Gasteiger charge is -2.19. The molecule has 0 bridgehead atoms. The van der Waals surface area contributed by atoms with Crippen LogP contribution >= 0.6 is 11.3 Å². The van der Waals surface area contributed by atoms with Crippen LogP contribution in [-0.4, -0.2) is 20.9 Å². The van der Waals surface area contributed by atoms with Gasteiger partial charge in [-0.3, -0.25) is 4.79 Å². The van der Waals surface area contributed by atoms with E-state index < -0.39 is 9.84 Å². The fourth-order valence-electron chi connectivity index (χ4n) is 4.10. The number of nitrogens with one attached hydrogen (secondary N) is 1. The van der Waals surface area contributed by atoms with Gasteiger partial charge in [0, 0.05) is 4.88 Å². The Morgan fingerprint density at radius 3 is 2.29 bits per heavy atom. The molecule has 1 aliphatic rings. The van der Waals surface area contributed by atoms with Crippen molar-refractivity contribution in [3.05, 3.63) is 70.1 Å². The molecule has 34 heavy (non-hydrogen) atoms. The maximum Gasteiger partial charge on any atom is 0.262 e. The van der Waals surface area contributed by atoms with Crippen molar-refractivity contribution in [3.63, 3.8) is 0 Å². The van der Waals surface area contributed by atoms with Crippen LogP contribution in [0.5, 0.6) is 5.75 Å². The number of benzene rings is 2. The quantitative estimate of drug-likeness (QED) is 0.448. The first-order valence-electron chi connectivity index (χ1n) is 11.6. The fourth-order valence-corrected chi connectivity index (χ4v) is 7.40. The lowest BCUT2D eigenvalue weighted by atomic mass is 9.87. The highest BCUT2D eigenvalue weighted by atomic mass is 32.2. The molecule has 1 amide bonds. The molecular weight excluding hydrogens is 466 g/mol. The van der Waals surface area contributed by atoms with Gasteiger partial charge < -0.3 is 10.1 Å². The fraction of sp³-hybridized carbons (Fsp3) is 0.370. The first-order chi connectivity index (χ1) is 16.1. The molecule has 3 aromatic rings. The molecule has 0 unspecified atom stereocenters. The summed E-state index contributed by atoms with van der Waals surface area (Å²) in [5.74, 6) is 0.222. The third-order valence-corrected chi connectivity index (χ3v) is 9.28. The molecule has 5 nitrogen and oxygen atoms in total. The zero-order chi connectivity index (χ0) is 24.5. The molecule has 1 aliphatic carbocycles. The number of hydrogen-bond donors (Lipinski definition) is 1. The van der Waals surface area contributed by atoms with E-state index in [0.29, 0.717) is 17.2 Å². The number of fused-ring (bicyclic) bond motifs is 1. The molecule has 0 radical (unpaired) electrons. The Bertz CT molecular complexity index is 1280. The van der Waals surface area contributed by atoms with Gasteiger partial charge in [0.05, 0.1) is 4.90 Å². The third-order valence-electron chi connectivity index (χ3n) is 6.07. The van der Waals surface area contributed by atoms with Crippen LogP contribution in [0.15, 0.2) is 58.3 Å². The second-order valence-corrected chi connectivity index (χ2v) is 12.8. The summed E-state index contributed by atoms with van der Waals surface area (Å²) >= 11 is 1.37. The Kier molecular flexibility index (Phi) is 6.87. The molecule has 4 rings (SSSR count). The molecule has 0 aliphatic heterocycles. The molecule has 0 saturated carbocycles. The lowest BCUT2D eigenvalue weighted by molar-refractivity contribution is -0.118. The van der Waals surface area contributed by atoms with Gasteiger partial charge in [-0.2, -0.15) is 0 Å². The van der Waals surface area contributed by atoms with Crippen molar-refractivity contribution in [2.45, 2.75) is 68.6 Å². The minimum Gasteiger partial charge on any atom is -0.484 e. The average Bonchev–Trinajstić information content (AvgIpc) is 3.16. The topological polar surface area (TPSA) is 72.5 Å². The van der Waals surface area contributed by atoms with Crippen molar-refractivity contribution in [1.82, 2.24) is 0 Å². The smallest absolute Gasteiger partial charge is 0.262 e. The number of aryl methyl sites for hydroxylation is 2. The van der Waals surface area contributed by atoms with Crippen LogP contribution in [0.2, 0.25) is 0 Å². The minimum absolute atomic E-state index is 0.0352. The van der Waals surface area contributed by atoms with E-state index in [9.17, 15) is 13.2 Å². The van der Waals surface area contributed by atoms with E-state index in [1.54, 1.807) is 24.3 Å². The van der Waals surface area contributed by atoms with Crippen LogP contribution in [0.4, 0.5) is 5.00 Å². The summed E-state index contributed by atoms with van der Waals surface area (Å²) in [7, 11) is -3.76. The molecule has 1 N–H and O–H groups in total. The maximum atomic E-state index is 13.6. The van der Waals surface area contributed by atoms with E-state index >= 15 is 0 Å². The van der Waals surface area contributed by atoms with Gasteiger partial charge in [-0.1, -0.05) is 50.6 Å². The van der Waals surface area contributed by atoms with Crippen LogP contribution in [0, 0.1) is 6.92 Å². The third kappa shape index (κ3) is 5.20. The number of anilines is 1. The van der Waals surface area contributed by atoms with E-state index in [-0.39, 0.29) is 27.7 Å². The first kappa shape index (κ1) is 24.5. The van der Waals surface area contributed by atoms with E-state index in [2.05, 4.69) is 26.1 Å². The number of hydrogen-bond acceptors (Lipinski definition) is 5. The van der Waals surface area contributed by atoms with Crippen molar-refractivity contribution in [1.29, 1.82) is 0 Å². The molecule has 1 heterocycles. The highest BCUT2D eigenvalue weighted by molar-refractivity contribution is 7.92. The van der Waals surface area contributed by atoms with Gasteiger partial charge in [-0.15, -0.1) is 11.3 Å². The van der Waals surface area contributed by atoms with Gasteiger partial charge in [0.25, 0.3) is 5.91 Å². The zero-order valence-electron chi connectivity index (χ0n) is 20.1. The minimum atomic E-state index is -3.76. The molecule has 0 saturated heterocycles. The highest BCUT2D eigenvalue weighted by Gasteiger charge is 2.31. The van der Waals surface area contributed by atoms with Crippen LogP contribution in [-0.2, 0) is 32.9 Å². The van der Waals surface area contributed by atoms with E-state index in [1.165, 1.54) is 16.9 Å². The molecule has 0 spiro atoms. The van der Waals surface area contributed by atoms with Crippen molar-refractivity contribution >= 4 is 32.1 Å². The summed E-state index contributed by atoms with van der Waals surface area (Å²) in [6.07, 6.45) is 3.52. The Balaban J connectivity index is 1.55. The monoisotopic (exact) mass is 497 g/mol. The van der Waals surface area contributed by atoms with Crippen LogP contribution < -0.4 is 10.1 Å². The van der Waals surface area contributed by atoms with Gasteiger partial charge in [0.1, 0.15) is 15.6 Å². The molecule has 0 fully saturated rings. The van der Waals surface area contributed by atoms with E-state index in [4.69, 9.17) is 4.74 Å². The summed E-state index contributed by atoms with van der Waals surface area (Å²) in [4.78, 5) is 14.3. The van der Waals surface area contributed by atoms with Crippen molar-refractivity contribution < 1.29 is 17.9 Å². The largest absolute Gasteiger partial charge is 0.484 e. The predicted molar refractivity (Wildman–Crippen MR) is 137 cm³/mol. The second kappa shape index (κ2) is 9.55. The first-order valence-corrected chi connectivity index (χ1v) is 13.8. The number of carbonyl (C=O) groups is 1. The van der Waals surface area contributed by atoms with E-state index in [1.807, 2.05) is 31.2 Å². The molecular formula is C27H31NO4S2. The summed E-state index contributed by atoms with van der Waals surface area (Å²) in [5, 5.41) is 3.23. The van der Waals surface area contributed by atoms with Gasteiger partial charge >= 0.3 is 0 Å². The molecule has 0 atom stereocenters. The maximum absolute atomic E-state index is 13.6. The molecule has 2 aromatic carbocycles. The van der Waals surface area contributed by atoms with Gasteiger partial charge in [0.2, 0.25) is 9.84 Å². The summed E-state index contributed by atoms with van der Waals surface area (Å²) in [5.41, 5.74) is 3.06. The number of sulfone groups is 1. The Labute approximate surface area is 206 Å². The van der Waals surface area contributed by atoms with Gasteiger partial charge in [-0.05, 0) is 73.4 Å². The Morgan fingerprint density at radius 2 is 1.65 bits per heavy atom. The van der Waals surface area contributed by atoms with Crippen LogP contribution in [0.25, 0.3) is 0 Å². The standard InChI is InChI=1S/C27H31NO4S2/c1-18-9-15-21(16-10-18)34(30,31)25-22-7-5-6-8-23(22)33-26(25)28-24(29)17-32-20-13-11-19(12-14-20)27(2,3)4/h9-16H,5-8,17H2,1-4H3,(H,28,29). The van der Waals surface area contributed by atoms with Gasteiger partial charge in [-0.25, -0.2) is 8.42 Å². The van der Waals surface area contributed by atoms with Crippen molar-refractivity contribution in [3.8, 4) is 5.75 Å². The number of ether oxygens (including phenoxy) is 1. The van der Waals surface area contributed by atoms with Crippen LogP contribution in [0.1, 0.15) is 55.2 Å². The normalized spacial score (nSPS) is 13.9. The number of amides is 1. The zero-order valence-corrected chi connectivity index (χ0v) is 21.7. The summed E-state index contributed by atoms with van der Waals surface area (Å²) < 4.78 is 32.9. The Hall–Kier alpha value is -2.64. The Morgan fingerprint density at radius 1 is 1.00 bits per heavy atom. The summed E-state index contributed by atoms with van der Waals surface area (Å²) in [6.45, 7) is 8.14. The average molecular weight is 498 g/mol. The predicted octanol–water partition coefficient (Wildman–Crippen LogP) is 6.08. The SMILES string of the molecule is Cc1ccc(S(=O)(=O)c2c(NC(=O)COc3ccc(C(C)(C)C)cc3)sc3c2CCCC3)cc1. The van der Waals surface area contributed by atoms with E-state index in [0.717, 1.165) is 35.3 Å². The number of thiophene rings is 1. The number of rotatable bonds is 6. The van der Waals surface area contributed by atoms with Gasteiger partial charge in [0.15, 0.2) is 6.61 Å². The lowest BCUT2D eigenvalue weighted by Crippen LogP contribution is -2.21. The molecule has 7 heteroatoms. The van der Waals surface area contributed by atoms with Crippen molar-refractivity contribution in [2.75, 3.05) is 11.9 Å². The summed E-state index contributed by atoms with van der Waals surface area (Å²) in [6, 6.07) is 14.5. The second-order valence-electron chi connectivity index (χ2n) is 9.80. The molecule has 1 aromatic heterocycles. The number of carbonyl (C=O) groups excluding carboxylic acids is 1. The van der Waals surface area contributed by atoms with Crippen LogP contribution in [0.3, 0.4) is 0 Å². The van der Waals surface area contributed by atoms with Crippen molar-refractivity contribution in [2.24, 2.45) is 0 Å². The molecule has 180 valence electrons.